The van der Waals surface area contributed by atoms with Gasteiger partial charge in [0.2, 0.25) is 0 Å². The van der Waals surface area contributed by atoms with Crippen LogP contribution < -0.4 is 4.74 Å². The fourth-order valence-electron chi connectivity index (χ4n) is 7.58. The zero-order valence-electron chi connectivity index (χ0n) is 23.1. The van der Waals surface area contributed by atoms with Crippen LogP contribution in [0, 0.1) is 56.8 Å². The van der Waals surface area contributed by atoms with E-state index in [1.54, 1.807) is 11.1 Å². The summed E-state index contributed by atoms with van der Waals surface area (Å²) in [5.41, 5.74) is 7.63. The molecule has 4 rings (SSSR count). The number of hydrogen-bond acceptors (Lipinski definition) is 1. The SMILES string of the molecule is COc1c(C)c(CC2CCC(CC3CCC(C)CC3)CC2)c(C)c(C)c1CC1CC[CH-]CC1.[Y]. The van der Waals surface area contributed by atoms with Crippen molar-refractivity contribution in [3.63, 3.8) is 0 Å². The molecule has 1 radical (unpaired) electrons. The van der Waals surface area contributed by atoms with Crippen LogP contribution in [-0.2, 0) is 45.6 Å². The van der Waals surface area contributed by atoms with Crippen molar-refractivity contribution >= 4 is 0 Å². The van der Waals surface area contributed by atoms with Crippen LogP contribution >= 0.6 is 0 Å². The molecule has 3 fully saturated rings. The van der Waals surface area contributed by atoms with Crippen molar-refractivity contribution in [2.75, 3.05) is 7.11 Å². The molecule has 0 amide bonds. The molecule has 0 N–H and O–H groups in total. The third kappa shape index (κ3) is 7.12. The zero-order valence-corrected chi connectivity index (χ0v) is 25.9. The largest absolute Gasteiger partial charge is 0.496 e. The molecule has 0 bridgehead atoms. The monoisotopic (exact) mass is 540 g/mol. The molecule has 3 saturated carbocycles. The first-order valence-electron chi connectivity index (χ1n) is 14.4. The molecule has 0 saturated heterocycles. The standard InChI is InChI=1S/C32H51O.Y/c1-22-11-13-27(14-12-22)19-28-15-17-29(18-16-28)20-30-23(2)24(3)31(32(33-5)25(30)4)21-26-9-7-6-8-10-26;/h6,22,26-29H,7-21H2,1-5H3;/q-1;. The number of hydrogen-bond donors (Lipinski definition) is 0. The van der Waals surface area contributed by atoms with E-state index in [1.165, 1.54) is 119 Å². The summed E-state index contributed by atoms with van der Waals surface area (Å²) >= 11 is 0. The fraction of sp³-hybridized carbons (Fsp3) is 0.781. The van der Waals surface area contributed by atoms with Gasteiger partial charge in [-0.3, -0.25) is 0 Å². The van der Waals surface area contributed by atoms with E-state index < -0.39 is 0 Å². The summed E-state index contributed by atoms with van der Waals surface area (Å²) in [6.45, 7) is 9.55. The van der Waals surface area contributed by atoms with Gasteiger partial charge in [-0.1, -0.05) is 58.3 Å². The molecular weight excluding hydrogens is 489 g/mol. The van der Waals surface area contributed by atoms with Crippen molar-refractivity contribution in [1.29, 1.82) is 0 Å². The summed E-state index contributed by atoms with van der Waals surface area (Å²) in [6.07, 6.45) is 23.6. The maximum absolute atomic E-state index is 6.08. The van der Waals surface area contributed by atoms with Crippen molar-refractivity contribution in [1.82, 2.24) is 0 Å². The molecule has 1 nitrogen and oxygen atoms in total. The molecule has 2 heteroatoms. The Kier molecular flexibility index (Phi) is 11.5. The molecule has 0 aliphatic heterocycles. The summed E-state index contributed by atoms with van der Waals surface area (Å²) in [7, 11) is 1.90. The Morgan fingerprint density at radius 3 is 1.71 bits per heavy atom. The Bertz CT molecular complexity index is 762. The first kappa shape index (κ1) is 28.7. The molecule has 0 atom stereocenters. The molecule has 0 heterocycles. The zero-order chi connectivity index (χ0) is 23.4. The van der Waals surface area contributed by atoms with Gasteiger partial charge in [0.15, 0.2) is 0 Å². The van der Waals surface area contributed by atoms with E-state index in [4.69, 9.17) is 4.74 Å². The van der Waals surface area contributed by atoms with Gasteiger partial charge in [-0.2, -0.15) is 12.8 Å². The van der Waals surface area contributed by atoms with Crippen molar-refractivity contribution < 1.29 is 37.4 Å². The van der Waals surface area contributed by atoms with E-state index in [-0.39, 0.29) is 32.7 Å². The smallest absolute Gasteiger partial charge is 0.125 e. The first-order chi connectivity index (χ1) is 16.0. The van der Waals surface area contributed by atoms with Crippen LogP contribution in [0.1, 0.15) is 118 Å². The maximum atomic E-state index is 6.08. The van der Waals surface area contributed by atoms with E-state index in [1.807, 2.05) is 7.11 Å². The Morgan fingerprint density at radius 2 is 1.12 bits per heavy atom. The van der Waals surface area contributed by atoms with Crippen molar-refractivity contribution in [2.45, 2.75) is 124 Å². The second-order valence-corrected chi connectivity index (χ2v) is 12.3. The third-order valence-electron chi connectivity index (χ3n) is 10.1. The van der Waals surface area contributed by atoms with Gasteiger partial charge in [-0.15, -0.1) is 0 Å². The minimum absolute atomic E-state index is 0. The predicted molar refractivity (Wildman–Crippen MR) is 142 cm³/mol. The second kappa shape index (κ2) is 13.6. The van der Waals surface area contributed by atoms with Crippen molar-refractivity contribution in [2.24, 2.45) is 29.6 Å². The minimum Gasteiger partial charge on any atom is -0.496 e. The average molecular weight is 541 g/mol. The van der Waals surface area contributed by atoms with Gasteiger partial charge in [0.25, 0.3) is 0 Å². The molecule has 1 aromatic carbocycles. The van der Waals surface area contributed by atoms with Crippen LogP contribution in [0.3, 0.4) is 0 Å². The summed E-state index contributed by atoms with van der Waals surface area (Å²) in [4.78, 5) is 0. The van der Waals surface area contributed by atoms with Crippen LogP contribution in [0.4, 0.5) is 0 Å². The molecular formula is C32H51OY-. The average Bonchev–Trinajstić information content (AvgIpc) is 2.83. The van der Waals surface area contributed by atoms with Crippen LogP contribution in [0.25, 0.3) is 0 Å². The molecule has 3 aliphatic rings. The Morgan fingerprint density at radius 1 is 0.647 bits per heavy atom. The molecule has 3 aliphatic carbocycles. The van der Waals surface area contributed by atoms with E-state index >= 15 is 0 Å². The first-order valence-corrected chi connectivity index (χ1v) is 14.4. The van der Waals surface area contributed by atoms with Crippen molar-refractivity contribution in [3.8, 4) is 5.75 Å². The van der Waals surface area contributed by atoms with Gasteiger partial charge >= 0.3 is 0 Å². The second-order valence-electron chi connectivity index (χ2n) is 12.3. The number of methoxy groups -OCH3 is 1. The molecule has 0 aromatic heterocycles. The van der Waals surface area contributed by atoms with Crippen LogP contribution in [0.2, 0.25) is 0 Å². The summed E-state index contributed by atoms with van der Waals surface area (Å²) in [6, 6.07) is 0. The molecule has 0 spiro atoms. The summed E-state index contributed by atoms with van der Waals surface area (Å²) in [5.74, 6) is 5.94. The van der Waals surface area contributed by atoms with E-state index in [9.17, 15) is 0 Å². The fourth-order valence-corrected chi connectivity index (χ4v) is 7.58. The predicted octanol–water partition coefficient (Wildman–Crippen LogP) is 9.12. The van der Waals surface area contributed by atoms with Crippen molar-refractivity contribution in [3.05, 3.63) is 34.2 Å². The Labute approximate surface area is 236 Å². The van der Waals surface area contributed by atoms with Crippen LogP contribution in [0.15, 0.2) is 0 Å². The van der Waals surface area contributed by atoms with Gasteiger partial charge in [0.05, 0.1) is 7.11 Å². The molecule has 0 unspecified atom stereocenters. The molecule has 189 valence electrons. The normalized spacial score (nSPS) is 28.4. The quantitative estimate of drug-likeness (QED) is 0.313. The maximum Gasteiger partial charge on any atom is 0.125 e. The number of rotatable bonds is 7. The van der Waals surface area contributed by atoms with Gasteiger partial charge in [0.1, 0.15) is 5.75 Å². The molecule has 1 aromatic rings. The number of ether oxygens (including phenoxy) is 1. The molecule has 34 heavy (non-hydrogen) atoms. The van der Waals surface area contributed by atoms with Gasteiger partial charge < -0.3 is 11.2 Å². The van der Waals surface area contributed by atoms with Crippen LogP contribution in [-0.4, -0.2) is 7.11 Å². The van der Waals surface area contributed by atoms with E-state index in [2.05, 4.69) is 34.1 Å². The Balaban J connectivity index is 0.00000324. The topological polar surface area (TPSA) is 9.23 Å². The summed E-state index contributed by atoms with van der Waals surface area (Å²) in [5, 5.41) is 0. The third-order valence-corrected chi connectivity index (χ3v) is 10.1. The Hall–Kier alpha value is 0.124. The van der Waals surface area contributed by atoms with Crippen LogP contribution in [0.5, 0.6) is 5.75 Å². The summed E-state index contributed by atoms with van der Waals surface area (Å²) < 4.78 is 6.08. The number of benzene rings is 1. The van der Waals surface area contributed by atoms with Gasteiger partial charge in [-0.05, 0) is 110 Å². The van der Waals surface area contributed by atoms with Gasteiger partial charge in [0, 0.05) is 32.7 Å². The minimum atomic E-state index is 0. The van der Waals surface area contributed by atoms with Gasteiger partial charge in [-0.25, -0.2) is 0 Å². The van der Waals surface area contributed by atoms with E-state index in [0.29, 0.717) is 0 Å². The van der Waals surface area contributed by atoms with E-state index in [0.717, 1.165) is 29.6 Å².